The molecule has 0 unspecified atom stereocenters. The summed E-state index contributed by atoms with van der Waals surface area (Å²) < 4.78 is 27.8. The second-order valence-electron chi connectivity index (χ2n) is 8.20. The minimum Gasteiger partial charge on any atom is -0.368 e. The third-order valence-electron chi connectivity index (χ3n) is 5.93. The van der Waals surface area contributed by atoms with Crippen LogP contribution in [0.3, 0.4) is 0 Å². The summed E-state index contributed by atoms with van der Waals surface area (Å²) in [7, 11) is -3.44. The van der Waals surface area contributed by atoms with Gasteiger partial charge in [0.2, 0.25) is 16.0 Å². The van der Waals surface area contributed by atoms with Crippen LogP contribution in [0, 0.1) is 0 Å². The van der Waals surface area contributed by atoms with E-state index < -0.39 is 10.0 Å². The maximum absolute atomic E-state index is 13.1. The van der Waals surface area contributed by atoms with Crippen molar-refractivity contribution < 1.29 is 8.42 Å². The molecule has 2 aromatic rings. The summed E-state index contributed by atoms with van der Waals surface area (Å²) in [5, 5.41) is 0. The van der Waals surface area contributed by atoms with E-state index in [-0.39, 0.29) is 12.0 Å². The first-order valence-electron chi connectivity index (χ1n) is 10.4. The molecule has 1 saturated heterocycles. The van der Waals surface area contributed by atoms with E-state index in [9.17, 15) is 8.42 Å². The molecule has 4 rings (SSSR count). The van der Waals surface area contributed by atoms with Crippen molar-refractivity contribution in [2.45, 2.75) is 62.8 Å². The Balaban J connectivity index is 1.80. The van der Waals surface area contributed by atoms with Gasteiger partial charge in [0.25, 0.3) is 0 Å². The largest absolute Gasteiger partial charge is 0.368 e. The van der Waals surface area contributed by atoms with E-state index in [0.717, 1.165) is 42.8 Å². The van der Waals surface area contributed by atoms with Crippen LogP contribution >= 0.6 is 0 Å². The van der Waals surface area contributed by atoms with Crippen LogP contribution in [0.25, 0.3) is 0 Å². The number of nitrogens with zero attached hydrogens (tertiary/aromatic N) is 4. The highest BCUT2D eigenvalue weighted by atomic mass is 32.2. The van der Waals surface area contributed by atoms with Gasteiger partial charge in [0.15, 0.2) is 0 Å². The van der Waals surface area contributed by atoms with Crippen molar-refractivity contribution in [3.8, 4) is 0 Å². The van der Waals surface area contributed by atoms with E-state index in [1.54, 1.807) is 16.6 Å². The van der Waals surface area contributed by atoms with Crippen molar-refractivity contribution in [2.75, 3.05) is 23.7 Å². The quantitative estimate of drug-likeness (QED) is 0.774. The van der Waals surface area contributed by atoms with Crippen molar-refractivity contribution in [2.24, 2.45) is 0 Å². The van der Waals surface area contributed by atoms with Gasteiger partial charge in [-0.3, -0.25) is 0 Å². The van der Waals surface area contributed by atoms with E-state index in [4.69, 9.17) is 5.73 Å². The minimum absolute atomic E-state index is 0.129. The third-order valence-corrected chi connectivity index (χ3v) is 7.82. The topological polar surface area (TPSA) is 92.4 Å². The maximum Gasteiger partial charge on any atom is 0.243 e. The van der Waals surface area contributed by atoms with Gasteiger partial charge >= 0.3 is 0 Å². The summed E-state index contributed by atoms with van der Waals surface area (Å²) in [6, 6.07) is 7.55. The molecule has 0 bridgehead atoms. The van der Waals surface area contributed by atoms with Crippen LogP contribution in [0.1, 0.15) is 57.4 Å². The third kappa shape index (κ3) is 3.83. The number of hydrogen-bond acceptors (Lipinski definition) is 6. The Bertz CT molecular complexity index is 982. The molecule has 1 saturated carbocycles. The number of anilines is 3. The molecule has 1 aliphatic carbocycles. The molecule has 2 N–H and O–H groups in total. The summed E-state index contributed by atoms with van der Waals surface area (Å²) in [6.07, 6.45) is 6.86. The van der Waals surface area contributed by atoms with Crippen LogP contribution in [-0.2, 0) is 10.0 Å². The Morgan fingerprint density at radius 2 is 1.86 bits per heavy atom. The van der Waals surface area contributed by atoms with Gasteiger partial charge in [-0.25, -0.2) is 13.4 Å². The van der Waals surface area contributed by atoms with Gasteiger partial charge in [-0.1, -0.05) is 6.42 Å². The van der Waals surface area contributed by atoms with Crippen LogP contribution in [0.2, 0.25) is 0 Å². The zero-order valence-corrected chi connectivity index (χ0v) is 17.9. The van der Waals surface area contributed by atoms with E-state index in [1.807, 2.05) is 18.2 Å². The Morgan fingerprint density at radius 1 is 1.14 bits per heavy atom. The van der Waals surface area contributed by atoms with Crippen LogP contribution in [0.5, 0.6) is 0 Å². The molecule has 1 aliphatic heterocycles. The number of nitrogen functional groups attached to an aromatic ring is 1. The van der Waals surface area contributed by atoms with Crippen molar-refractivity contribution in [1.82, 2.24) is 14.3 Å². The number of nitrogens with two attached hydrogens (primary N) is 1. The molecule has 29 heavy (non-hydrogen) atoms. The lowest BCUT2D eigenvalue weighted by atomic mass is 9.79. The lowest BCUT2D eigenvalue weighted by molar-refractivity contribution is 0.418. The van der Waals surface area contributed by atoms with E-state index in [2.05, 4.69) is 28.7 Å². The first-order valence-corrected chi connectivity index (χ1v) is 11.8. The molecular weight excluding hydrogens is 386 g/mol. The highest BCUT2D eigenvalue weighted by Crippen LogP contribution is 2.44. The molecule has 0 atom stereocenters. The zero-order valence-electron chi connectivity index (χ0n) is 17.1. The molecule has 0 amide bonds. The van der Waals surface area contributed by atoms with Crippen molar-refractivity contribution in [3.63, 3.8) is 0 Å². The summed E-state index contributed by atoms with van der Waals surface area (Å²) in [5.74, 6) is 1.33. The highest BCUT2D eigenvalue weighted by Gasteiger charge is 2.31. The second-order valence-corrected chi connectivity index (χ2v) is 10.1. The standard InChI is InChI=1S/C21H29N5O2S/c1-15(2)26(20-10-11-23-21(22)24-20)19-9-8-17(14-18(19)16-6-5-7-16)29(27,28)25-12-3-4-13-25/h8-11,14-16H,3-7,12-13H2,1-2H3,(H2,22,23,24). The summed E-state index contributed by atoms with van der Waals surface area (Å²) in [5.41, 5.74) is 7.92. The predicted octanol–water partition coefficient (Wildman–Crippen LogP) is 3.66. The van der Waals surface area contributed by atoms with Gasteiger partial charge in [-0.05, 0) is 75.3 Å². The van der Waals surface area contributed by atoms with Gasteiger partial charge < -0.3 is 10.6 Å². The Hall–Kier alpha value is -2.19. The Labute approximate surface area is 173 Å². The molecule has 2 aliphatic rings. The van der Waals surface area contributed by atoms with Gasteiger partial charge in [-0.15, -0.1) is 0 Å². The van der Waals surface area contributed by atoms with Crippen LogP contribution in [0.4, 0.5) is 17.5 Å². The monoisotopic (exact) mass is 415 g/mol. The first kappa shape index (κ1) is 20.1. The second kappa shape index (κ2) is 7.91. The SMILES string of the molecule is CC(C)N(c1ccnc(N)n1)c1ccc(S(=O)(=O)N2CCCC2)cc1C1CCC1. The number of benzene rings is 1. The smallest absolute Gasteiger partial charge is 0.243 e. The summed E-state index contributed by atoms with van der Waals surface area (Å²) in [4.78, 5) is 10.9. The van der Waals surface area contributed by atoms with Gasteiger partial charge in [-0.2, -0.15) is 9.29 Å². The molecule has 2 heterocycles. The fourth-order valence-electron chi connectivity index (χ4n) is 4.20. The Morgan fingerprint density at radius 3 is 2.45 bits per heavy atom. The average Bonchev–Trinajstić information content (AvgIpc) is 3.17. The molecule has 2 fully saturated rings. The van der Waals surface area contributed by atoms with Crippen LogP contribution in [-0.4, -0.2) is 41.8 Å². The van der Waals surface area contributed by atoms with Crippen molar-refractivity contribution >= 4 is 27.5 Å². The lowest BCUT2D eigenvalue weighted by Gasteiger charge is -2.35. The van der Waals surface area contributed by atoms with Crippen molar-refractivity contribution in [3.05, 3.63) is 36.0 Å². The van der Waals surface area contributed by atoms with Crippen molar-refractivity contribution in [1.29, 1.82) is 0 Å². The highest BCUT2D eigenvalue weighted by molar-refractivity contribution is 7.89. The van der Waals surface area contributed by atoms with Crippen LogP contribution in [0.15, 0.2) is 35.4 Å². The Kier molecular flexibility index (Phi) is 5.48. The number of hydrogen-bond donors (Lipinski definition) is 1. The maximum atomic E-state index is 13.1. The average molecular weight is 416 g/mol. The van der Waals surface area contributed by atoms with E-state index in [0.29, 0.717) is 23.9 Å². The molecular formula is C21H29N5O2S. The zero-order chi connectivity index (χ0) is 20.6. The molecule has 7 nitrogen and oxygen atoms in total. The molecule has 0 radical (unpaired) electrons. The minimum atomic E-state index is -3.44. The molecule has 1 aromatic carbocycles. The molecule has 1 aromatic heterocycles. The molecule has 8 heteroatoms. The van der Waals surface area contributed by atoms with E-state index in [1.165, 1.54) is 6.42 Å². The van der Waals surface area contributed by atoms with Gasteiger partial charge in [0, 0.05) is 31.0 Å². The lowest BCUT2D eigenvalue weighted by Crippen LogP contribution is -2.30. The number of sulfonamides is 1. The summed E-state index contributed by atoms with van der Waals surface area (Å²) in [6.45, 7) is 5.41. The molecule has 156 valence electrons. The van der Waals surface area contributed by atoms with Gasteiger partial charge in [0.05, 0.1) is 4.90 Å². The first-order chi connectivity index (χ1) is 13.9. The number of rotatable bonds is 6. The number of aromatic nitrogens is 2. The molecule has 0 spiro atoms. The summed E-state index contributed by atoms with van der Waals surface area (Å²) >= 11 is 0. The van der Waals surface area contributed by atoms with E-state index >= 15 is 0 Å². The van der Waals surface area contributed by atoms with Gasteiger partial charge in [0.1, 0.15) is 5.82 Å². The normalized spacial score (nSPS) is 18.2. The predicted molar refractivity (Wildman–Crippen MR) is 115 cm³/mol. The fourth-order valence-corrected chi connectivity index (χ4v) is 5.75. The van der Waals surface area contributed by atoms with Crippen LogP contribution < -0.4 is 10.6 Å². The fraction of sp³-hybridized carbons (Fsp3) is 0.524.